The number of nitrogens with one attached hydrogen (secondary N) is 1. The lowest BCUT2D eigenvalue weighted by Gasteiger charge is -2.26. The van der Waals surface area contributed by atoms with Gasteiger partial charge < -0.3 is 10.1 Å². The molecule has 1 saturated heterocycles. The van der Waals surface area contributed by atoms with E-state index in [-0.39, 0.29) is 0 Å². The van der Waals surface area contributed by atoms with Crippen molar-refractivity contribution in [3.63, 3.8) is 0 Å². The Morgan fingerprint density at radius 3 is 3.00 bits per heavy atom. The molecule has 1 N–H and O–H groups in total. The maximum Gasteiger partial charge on any atom is 0.123 e. The largest absolute Gasteiger partial charge is 0.489 e. The van der Waals surface area contributed by atoms with E-state index in [0.29, 0.717) is 12.0 Å². The highest BCUT2D eigenvalue weighted by Gasteiger charge is 2.18. The van der Waals surface area contributed by atoms with Gasteiger partial charge in [0.05, 0.1) is 0 Å². The molecule has 0 bridgehead atoms. The average molecular weight is 268 g/mol. The Morgan fingerprint density at radius 1 is 1.50 bits per heavy atom. The topological polar surface area (TPSA) is 21.3 Å². The van der Waals surface area contributed by atoms with Crippen LogP contribution in [0, 0.1) is 0 Å². The summed E-state index contributed by atoms with van der Waals surface area (Å²) in [6.45, 7) is 6.47. The number of hydrogen-bond acceptors (Lipinski definition) is 2. The predicted octanol–water partition coefficient (Wildman–Crippen LogP) is 3.98. The van der Waals surface area contributed by atoms with Crippen molar-refractivity contribution in [1.29, 1.82) is 0 Å². The number of benzene rings is 1. The van der Waals surface area contributed by atoms with Crippen molar-refractivity contribution in [2.45, 2.75) is 45.1 Å². The van der Waals surface area contributed by atoms with Gasteiger partial charge in [0.1, 0.15) is 11.9 Å². The van der Waals surface area contributed by atoms with Crippen LogP contribution >= 0.6 is 11.6 Å². The fourth-order valence-electron chi connectivity index (χ4n) is 2.33. The fraction of sp³-hybridized carbons (Fsp3) is 0.600. The van der Waals surface area contributed by atoms with E-state index < -0.39 is 0 Å². The number of halogens is 1. The molecule has 0 aliphatic carbocycles. The molecule has 1 heterocycles. The standard InChI is InChI=1S/C15H22ClNO/c1-3-11(2)14-9-12(16)6-7-15(14)18-13-5-4-8-17-10-13/h6-7,9,11,13,17H,3-5,8,10H2,1-2H3/t11-,13-/m1/s1. The Kier molecular flexibility index (Phi) is 4.90. The quantitative estimate of drug-likeness (QED) is 0.891. The van der Waals surface area contributed by atoms with Crippen LogP contribution in [0.25, 0.3) is 0 Å². The van der Waals surface area contributed by atoms with Gasteiger partial charge in [-0.3, -0.25) is 0 Å². The van der Waals surface area contributed by atoms with E-state index in [4.69, 9.17) is 16.3 Å². The second-order valence-corrected chi connectivity index (χ2v) is 5.51. The van der Waals surface area contributed by atoms with Gasteiger partial charge in [-0.2, -0.15) is 0 Å². The molecule has 2 atom stereocenters. The van der Waals surface area contributed by atoms with Gasteiger partial charge in [0.15, 0.2) is 0 Å². The van der Waals surface area contributed by atoms with Crippen molar-refractivity contribution in [3.05, 3.63) is 28.8 Å². The highest BCUT2D eigenvalue weighted by Crippen LogP contribution is 2.32. The Labute approximate surface area is 115 Å². The van der Waals surface area contributed by atoms with Gasteiger partial charge in [0.2, 0.25) is 0 Å². The molecule has 1 aliphatic rings. The van der Waals surface area contributed by atoms with Gasteiger partial charge in [-0.25, -0.2) is 0 Å². The minimum atomic E-state index is 0.294. The zero-order valence-electron chi connectivity index (χ0n) is 11.2. The smallest absolute Gasteiger partial charge is 0.123 e. The molecule has 0 saturated carbocycles. The number of hydrogen-bond donors (Lipinski definition) is 1. The molecule has 0 radical (unpaired) electrons. The average Bonchev–Trinajstić information content (AvgIpc) is 2.41. The summed E-state index contributed by atoms with van der Waals surface area (Å²) in [4.78, 5) is 0. The van der Waals surface area contributed by atoms with Crippen molar-refractivity contribution < 1.29 is 4.74 Å². The predicted molar refractivity (Wildman–Crippen MR) is 76.7 cm³/mol. The lowest BCUT2D eigenvalue weighted by Crippen LogP contribution is -2.37. The first-order valence-corrected chi connectivity index (χ1v) is 7.25. The third-order valence-corrected chi connectivity index (χ3v) is 3.90. The van der Waals surface area contributed by atoms with Crippen LogP contribution in [-0.4, -0.2) is 19.2 Å². The van der Waals surface area contributed by atoms with Crippen LogP contribution in [0.1, 0.15) is 44.6 Å². The van der Waals surface area contributed by atoms with Crippen molar-refractivity contribution in [1.82, 2.24) is 5.32 Å². The van der Waals surface area contributed by atoms with Gasteiger partial charge in [-0.05, 0) is 55.5 Å². The van der Waals surface area contributed by atoms with Crippen molar-refractivity contribution in [3.8, 4) is 5.75 Å². The first-order valence-electron chi connectivity index (χ1n) is 6.87. The van der Waals surface area contributed by atoms with Crippen LogP contribution in [0.2, 0.25) is 5.02 Å². The van der Waals surface area contributed by atoms with Gasteiger partial charge in [-0.1, -0.05) is 25.4 Å². The second-order valence-electron chi connectivity index (χ2n) is 5.08. The summed E-state index contributed by atoms with van der Waals surface area (Å²) in [6.07, 6.45) is 3.72. The van der Waals surface area contributed by atoms with Gasteiger partial charge >= 0.3 is 0 Å². The van der Waals surface area contributed by atoms with Crippen LogP contribution in [0.3, 0.4) is 0 Å². The van der Waals surface area contributed by atoms with Crippen LogP contribution in [0.5, 0.6) is 5.75 Å². The van der Waals surface area contributed by atoms with E-state index in [1.165, 1.54) is 12.0 Å². The third-order valence-electron chi connectivity index (χ3n) is 3.66. The Bertz CT molecular complexity index is 388. The summed E-state index contributed by atoms with van der Waals surface area (Å²) < 4.78 is 6.14. The van der Waals surface area contributed by atoms with Gasteiger partial charge in [0.25, 0.3) is 0 Å². The normalized spacial score (nSPS) is 21.6. The van der Waals surface area contributed by atoms with E-state index in [1.54, 1.807) is 0 Å². The zero-order valence-corrected chi connectivity index (χ0v) is 12.0. The third kappa shape index (κ3) is 3.39. The molecule has 100 valence electrons. The molecule has 2 rings (SSSR count). The van der Waals surface area contributed by atoms with Crippen LogP contribution in [0.15, 0.2) is 18.2 Å². The molecule has 18 heavy (non-hydrogen) atoms. The van der Waals surface area contributed by atoms with E-state index in [0.717, 1.165) is 36.7 Å². The van der Waals surface area contributed by atoms with Crippen molar-refractivity contribution in [2.24, 2.45) is 0 Å². The molecule has 0 amide bonds. The first kappa shape index (κ1) is 13.7. The molecule has 0 spiro atoms. The number of piperidine rings is 1. The molecule has 1 fully saturated rings. The summed E-state index contributed by atoms with van der Waals surface area (Å²) in [5.41, 5.74) is 1.23. The number of rotatable bonds is 4. The molecule has 0 aromatic heterocycles. The van der Waals surface area contributed by atoms with E-state index in [9.17, 15) is 0 Å². The Hall–Kier alpha value is -0.730. The lowest BCUT2D eigenvalue weighted by molar-refractivity contribution is 0.165. The van der Waals surface area contributed by atoms with E-state index in [1.807, 2.05) is 18.2 Å². The van der Waals surface area contributed by atoms with Crippen molar-refractivity contribution >= 4 is 11.6 Å². The van der Waals surface area contributed by atoms with Gasteiger partial charge in [0, 0.05) is 11.6 Å². The monoisotopic (exact) mass is 267 g/mol. The summed E-state index contributed by atoms with van der Waals surface area (Å²) in [7, 11) is 0. The molecule has 0 unspecified atom stereocenters. The highest BCUT2D eigenvalue weighted by molar-refractivity contribution is 6.30. The number of ether oxygens (including phenoxy) is 1. The van der Waals surface area contributed by atoms with Crippen LogP contribution < -0.4 is 10.1 Å². The molecular formula is C15H22ClNO. The summed E-state index contributed by atoms with van der Waals surface area (Å²) in [5.74, 6) is 1.48. The molecular weight excluding hydrogens is 246 g/mol. The fourth-order valence-corrected chi connectivity index (χ4v) is 2.51. The second kappa shape index (κ2) is 6.44. The SMILES string of the molecule is CC[C@@H](C)c1cc(Cl)ccc1O[C@@H]1CCCNC1. The molecule has 3 heteroatoms. The Balaban J connectivity index is 2.15. The molecule has 1 aliphatic heterocycles. The molecule has 1 aromatic rings. The summed E-state index contributed by atoms with van der Waals surface area (Å²) in [6, 6.07) is 5.97. The van der Waals surface area contributed by atoms with Crippen molar-refractivity contribution in [2.75, 3.05) is 13.1 Å². The zero-order chi connectivity index (χ0) is 13.0. The highest BCUT2D eigenvalue weighted by atomic mass is 35.5. The lowest BCUT2D eigenvalue weighted by atomic mass is 9.97. The molecule has 1 aromatic carbocycles. The maximum absolute atomic E-state index is 6.14. The minimum absolute atomic E-state index is 0.294. The molecule has 2 nitrogen and oxygen atoms in total. The first-order chi connectivity index (χ1) is 8.70. The van der Waals surface area contributed by atoms with E-state index >= 15 is 0 Å². The Morgan fingerprint density at radius 2 is 2.33 bits per heavy atom. The van der Waals surface area contributed by atoms with Crippen LogP contribution in [-0.2, 0) is 0 Å². The summed E-state index contributed by atoms with van der Waals surface area (Å²) in [5, 5.41) is 4.17. The maximum atomic E-state index is 6.14. The van der Waals surface area contributed by atoms with E-state index in [2.05, 4.69) is 19.2 Å². The van der Waals surface area contributed by atoms with Crippen LogP contribution in [0.4, 0.5) is 0 Å². The van der Waals surface area contributed by atoms with Gasteiger partial charge in [-0.15, -0.1) is 0 Å². The minimum Gasteiger partial charge on any atom is -0.489 e. The summed E-state index contributed by atoms with van der Waals surface area (Å²) >= 11 is 6.09.